The maximum atomic E-state index is 6.04. The predicted molar refractivity (Wildman–Crippen MR) is 85.2 cm³/mol. The maximum Gasteiger partial charge on any atom is 0.133 e. The molecule has 0 bridgehead atoms. The lowest BCUT2D eigenvalue weighted by molar-refractivity contribution is 0.325. The van der Waals surface area contributed by atoms with Gasteiger partial charge in [0.2, 0.25) is 0 Å². The topological polar surface area (TPSA) is 12.5 Å². The second-order valence-electron chi connectivity index (χ2n) is 5.15. The molecule has 2 nitrogen and oxygen atoms in total. The average Bonchev–Trinajstić information content (AvgIpc) is 2.96. The van der Waals surface area contributed by atoms with E-state index in [0.717, 1.165) is 22.5 Å². The van der Waals surface area contributed by atoms with Crippen molar-refractivity contribution in [3.05, 3.63) is 58.6 Å². The Hall–Kier alpha value is -1.32. The molecule has 2 aromatic carbocycles. The summed E-state index contributed by atoms with van der Waals surface area (Å²) in [4.78, 5) is 2.49. The lowest BCUT2D eigenvalue weighted by Crippen LogP contribution is -2.18. The summed E-state index contributed by atoms with van der Waals surface area (Å²) in [7, 11) is 0. The van der Waals surface area contributed by atoms with Crippen molar-refractivity contribution in [3.63, 3.8) is 0 Å². The summed E-state index contributed by atoms with van der Waals surface area (Å²) >= 11 is 3.53. The van der Waals surface area contributed by atoms with Crippen molar-refractivity contribution in [1.29, 1.82) is 0 Å². The van der Waals surface area contributed by atoms with Crippen LogP contribution < -0.4 is 4.74 Å². The molecule has 0 atom stereocenters. The molecule has 1 fully saturated rings. The lowest BCUT2D eigenvalue weighted by atomic mass is 10.2. The Morgan fingerprint density at radius 2 is 1.75 bits per heavy atom. The van der Waals surface area contributed by atoms with E-state index < -0.39 is 0 Å². The Morgan fingerprint density at radius 1 is 1.00 bits per heavy atom. The van der Waals surface area contributed by atoms with Gasteiger partial charge < -0.3 is 4.74 Å². The molecule has 2 aromatic rings. The zero-order valence-electron chi connectivity index (χ0n) is 11.4. The third-order valence-corrected chi connectivity index (χ3v) is 4.09. The fraction of sp³-hybridized carbons (Fsp3) is 0.294. The largest absolute Gasteiger partial charge is 0.457 e. The number of hydrogen-bond acceptors (Lipinski definition) is 2. The summed E-state index contributed by atoms with van der Waals surface area (Å²) < 4.78 is 7.09. The third-order valence-electron chi connectivity index (χ3n) is 3.59. The molecule has 1 saturated heterocycles. The Labute approximate surface area is 128 Å². The molecular weight excluding hydrogens is 314 g/mol. The molecule has 1 aliphatic heterocycles. The molecule has 1 heterocycles. The monoisotopic (exact) mass is 331 g/mol. The molecule has 0 unspecified atom stereocenters. The van der Waals surface area contributed by atoms with Crippen LogP contribution in [0.5, 0.6) is 11.5 Å². The van der Waals surface area contributed by atoms with Crippen LogP contribution in [0.2, 0.25) is 0 Å². The first kappa shape index (κ1) is 13.7. The van der Waals surface area contributed by atoms with Gasteiger partial charge in [0.15, 0.2) is 0 Å². The highest BCUT2D eigenvalue weighted by molar-refractivity contribution is 9.10. The lowest BCUT2D eigenvalue weighted by Gasteiger charge is -2.18. The number of halogens is 1. The summed E-state index contributed by atoms with van der Waals surface area (Å²) in [5, 5.41) is 0. The number of likely N-dealkylation sites (tertiary alicyclic amines) is 1. The fourth-order valence-electron chi connectivity index (χ4n) is 2.55. The first-order valence-electron chi connectivity index (χ1n) is 7.05. The minimum Gasteiger partial charge on any atom is -0.457 e. The first-order valence-corrected chi connectivity index (χ1v) is 7.84. The van der Waals surface area contributed by atoms with Crippen LogP contribution in [0.25, 0.3) is 0 Å². The molecule has 0 amide bonds. The van der Waals surface area contributed by atoms with Crippen LogP contribution in [-0.2, 0) is 6.54 Å². The fourth-order valence-corrected chi connectivity index (χ4v) is 2.89. The molecule has 0 radical (unpaired) electrons. The Kier molecular flexibility index (Phi) is 4.38. The van der Waals surface area contributed by atoms with E-state index in [1.165, 1.54) is 31.5 Å². The van der Waals surface area contributed by atoms with E-state index in [9.17, 15) is 0 Å². The molecule has 0 N–H and O–H groups in total. The van der Waals surface area contributed by atoms with Gasteiger partial charge in [-0.15, -0.1) is 0 Å². The van der Waals surface area contributed by atoms with Crippen LogP contribution in [0.1, 0.15) is 18.4 Å². The van der Waals surface area contributed by atoms with Crippen molar-refractivity contribution in [1.82, 2.24) is 4.90 Å². The van der Waals surface area contributed by atoms with Gasteiger partial charge in [-0.1, -0.05) is 40.2 Å². The molecule has 0 aliphatic carbocycles. The Balaban J connectivity index is 1.82. The van der Waals surface area contributed by atoms with E-state index in [1.807, 2.05) is 30.3 Å². The Morgan fingerprint density at radius 3 is 2.50 bits per heavy atom. The van der Waals surface area contributed by atoms with Gasteiger partial charge in [-0.2, -0.15) is 0 Å². The molecule has 0 spiro atoms. The summed E-state index contributed by atoms with van der Waals surface area (Å²) in [5.41, 5.74) is 1.25. The third kappa shape index (κ3) is 3.41. The van der Waals surface area contributed by atoms with Crippen molar-refractivity contribution in [2.45, 2.75) is 19.4 Å². The highest BCUT2D eigenvalue weighted by atomic mass is 79.9. The van der Waals surface area contributed by atoms with Crippen LogP contribution >= 0.6 is 15.9 Å². The van der Waals surface area contributed by atoms with Crippen LogP contribution in [0.3, 0.4) is 0 Å². The van der Waals surface area contributed by atoms with Crippen molar-refractivity contribution in [3.8, 4) is 11.5 Å². The Bertz CT molecular complexity index is 564. The van der Waals surface area contributed by atoms with E-state index in [1.54, 1.807) is 0 Å². The molecule has 3 rings (SSSR count). The van der Waals surface area contributed by atoms with E-state index >= 15 is 0 Å². The van der Waals surface area contributed by atoms with E-state index in [0.29, 0.717) is 0 Å². The number of hydrogen-bond donors (Lipinski definition) is 0. The number of rotatable bonds is 4. The SMILES string of the molecule is Brc1ccc(CN2CCCC2)c(Oc2ccccc2)c1. The summed E-state index contributed by atoms with van der Waals surface area (Å²) in [5.74, 6) is 1.82. The summed E-state index contributed by atoms with van der Waals surface area (Å²) in [6, 6.07) is 16.3. The highest BCUT2D eigenvalue weighted by Crippen LogP contribution is 2.30. The average molecular weight is 332 g/mol. The summed E-state index contributed by atoms with van der Waals surface area (Å²) in [6.45, 7) is 3.36. The van der Waals surface area contributed by atoms with Gasteiger partial charge in [-0.3, -0.25) is 4.90 Å². The first-order chi connectivity index (χ1) is 9.81. The molecule has 0 aromatic heterocycles. The quantitative estimate of drug-likeness (QED) is 0.795. The predicted octanol–water partition coefficient (Wildman–Crippen LogP) is 4.84. The second kappa shape index (κ2) is 6.42. The van der Waals surface area contributed by atoms with Gasteiger partial charge in [0, 0.05) is 16.6 Å². The minimum atomic E-state index is 0.883. The number of ether oxygens (including phenoxy) is 1. The van der Waals surface area contributed by atoms with Gasteiger partial charge in [0.05, 0.1) is 0 Å². The van der Waals surface area contributed by atoms with Gasteiger partial charge >= 0.3 is 0 Å². The van der Waals surface area contributed by atoms with E-state index in [-0.39, 0.29) is 0 Å². The molecule has 0 saturated carbocycles. The van der Waals surface area contributed by atoms with E-state index in [2.05, 4.69) is 39.0 Å². The number of benzene rings is 2. The van der Waals surface area contributed by atoms with Crippen LogP contribution in [0.4, 0.5) is 0 Å². The minimum absolute atomic E-state index is 0.883. The van der Waals surface area contributed by atoms with E-state index in [4.69, 9.17) is 4.74 Å². The van der Waals surface area contributed by atoms with Gasteiger partial charge in [0.1, 0.15) is 11.5 Å². The molecule has 104 valence electrons. The number of nitrogens with zero attached hydrogens (tertiary/aromatic N) is 1. The van der Waals surface area contributed by atoms with Crippen molar-refractivity contribution >= 4 is 15.9 Å². The van der Waals surface area contributed by atoms with Gasteiger partial charge in [-0.05, 0) is 50.2 Å². The van der Waals surface area contributed by atoms with Crippen molar-refractivity contribution < 1.29 is 4.74 Å². The van der Waals surface area contributed by atoms with Crippen molar-refractivity contribution in [2.24, 2.45) is 0 Å². The highest BCUT2D eigenvalue weighted by Gasteiger charge is 2.14. The second-order valence-corrected chi connectivity index (χ2v) is 6.07. The van der Waals surface area contributed by atoms with Gasteiger partial charge in [0.25, 0.3) is 0 Å². The zero-order chi connectivity index (χ0) is 13.8. The molecule has 3 heteroatoms. The van der Waals surface area contributed by atoms with Crippen LogP contribution in [0.15, 0.2) is 53.0 Å². The zero-order valence-corrected chi connectivity index (χ0v) is 13.0. The molecule has 1 aliphatic rings. The van der Waals surface area contributed by atoms with Crippen LogP contribution in [0, 0.1) is 0 Å². The maximum absolute atomic E-state index is 6.04. The molecular formula is C17H18BrNO. The number of para-hydroxylation sites is 1. The smallest absolute Gasteiger partial charge is 0.133 e. The molecule has 20 heavy (non-hydrogen) atoms. The standard InChI is InChI=1S/C17H18BrNO/c18-15-9-8-14(13-19-10-4-5-11-19)17(12-15)20-16-6-2-1-3-7-16/h1-3,6-9,12H,4-5,10-11,13H2. The summed E-state index contributed by atoms with van der Waals surface area (Å²) in [6.07, 6.45) is 2.62. The van der Waals surface area contributed by atoms with Crippen LogP contribution in [-0.4, -0.2) is 18.0 Å². The van der Waals surface area contributed by atoms with Gasteiger partial charge in [-0.25, -0.2) is 0 Å². The normalized spacial score (nSPS) is 15.4. The van der Waals surface area contributed by atoms with Crippen molar-refractivity contribution in [2.75, 3.05) is 13.1 Å².